The highest BCUT2D eigenvalue weighted by atomic mass is 19.4. The first-order valence-corrected chi connectivity index (χ1v) is 9.99. The van der Waals surface area contributed by atoms with Crippen molar-refractivity contribution in [2.75, 3.05) is 33.1 Å². The molecule has 1 atom stereocenters. The summed E-state index contributed by atoms with van der Waals surface area (Å²) in [5.74, 6) is -0.643. The van der Waals surface area contributed by atoms with Crippen molar-refractivity contribution in [1.29, 1.82) is 0 Å². The zero-order valence-corrected chi connectivity index (χ0v) is 17.0. The molecule has 32 heavy (non-hydrogen) atoms. The lowest BCUT2D eigenvalue weighted by Gasteiger charge is -2.33. The Kier molecular flexibility index (Phi) is 6.63. The van der Waals surface area contributed by atoms with Gasteiger partial charge in [-0.05, 0) is 29.8 Å². The predicted molar refractivity (Wildman–Crippen MR) is 103 cm³/mol. The van der Waals surface area contributed by atoms with Crippen LogP contribution in [-0.2, 0) is 33.6 Å². The van der Waals surface area contributed by atoms with E-state index in [1.165, 1.54) is 17.0 Å². The van der Waals surface area contributed by atoms with Crippen LogP contribution in [0.1, 0.15) is 27.0 Å². The van der Waals surface area contributed by atoms with Crippen LogP contribution in [0.15, 0.2) is 36.4 Å². The van der Waals surface area contributed by atoms with Crippen LogP contribution in [0, 0.1) is 5.82 Å². The summed E-state index contributed by atoms with van der Waals surface area (Å²) in [5.41, 5.74) is 0.229. The summed E-state index contributed by atoms with van der Waals surface area (Å²) in [6.45, 7) is 0.962. The van der Waals surface area contributed by atoms with Gasteiger partial charge in [0.1, 0.15) is 11.6 Å². The molecule has 2 heterocycles. The summed E-state index contributed by atoms with van der Waals surface area (Å²) in [5, 5.41) is 0. The maximum Gasteiger partial charge on any atom is 0.416 e. The summed E-state index contributed by atoms with van der Waals surface area (Å²) >= 11 is 0. The van der Waals surface area contributed by atoms with Gasteiger partial charge in [0, 0.05) is 18.7 Å². The Morgan fingerprint density at radius 1 is 1.22 bits per heavy atom. The predicted octanol–water partition coefficient (Wildman–Crippen LogP) is 3.77. The molecule has 0 saturated carbocycles. The normalized spacial score (nSPS) is 18.8. The first-order chi connectivity index (χ1) is 15.3. The van der Waals surface area contributed by atoms with Crippen LogP contribution in [0.5, 0.6) is 5.75 Å². The lowest BCUT2D eigenvalue weighted by atomic mass is 10.1. The number of nitrogens with zero attached hydrogens (tertiary/aromatic N) is 1. The van der Waals surface area contributed by atoms with Gasteiger partial charge < -0.3 is 23.8 Å². The second kappa shape index (κ2) is 9.43. The van der Waals surface area contributed by atoms with E-state index in [9.17, 15) is 22.4 Å². The van der Waals surface area contributed by atoms with E-state index in [-0.39, 0.29) is 45.3 Å². The van der Waals surface area contributed by atoms with Gasteiger partial charge in [-0.3, -0.25) is 4.79 Å². The Morgan fingerprint density at radius 3 is 2.88 bits per heavy atom. The van der Waals surface area contributed by atoms with E-state index in [1.54, 1.807) is 6.07 Å². The molecule has 1 amide bonds. The molecule has 1 unspecified atom stereocenters. The molecule has 4 rings (SSSR count). The van der Waals surface area contributed by atoms with Crippen molar-refractivity contribution in [1.82, 2.24) is 4.90 Å². The van der Waals surface area contributed by atoms with Crippen LogP contribution in [-0.4, -0.2) is 50.0 Å². The number of carbonyl (C=O) groups excluding carboxylic acids is 1. The fourth-order valence-corrected chi connectivity index (χ4v) is 3.66. The number of alkyl halides is 3. The lowest BCUT2D eigenvalue weighted by molar-refractivity contribution is -0.137. The van der Waals surface area contributed by atoms with Gasteiger partial charge in [0.25, 0.3) is 5.91 Å². The molecule has 1 fully saturated rings. The maximum absolute atomic E-state index is 14.0. The molecule has 0 N–H and O–H groups in total. The number of hydrogen-bond acceptors (Lipinski definition) is 5. The Labute approximate surface area is 181 Å². The van der Waals surface area contributed by atoms with Gasteiger partial charge in [-0.2, -0.15) is 13.2 Å². The average Bonchev–Trinajstić information content (AvgIpc) is 2.78. The number of rotatable bonds is 5. The fourth-order valence-electron chi connectivity index (χ4n) is 3.66. The zero-order valence-electron chi connectivity index (χ0n) is 17.0. The highest BCUT2D eigenvalue weighted by molar-refractivity contribution is 5.97. The second-order valence-electron chi connectivity index (χ2n) is 7.51. The Hall–Kier alpha value is -2.69. The van der Waals surface area contributed by atoms with Gasteiger partial charge in [-0.15, -0.1) is 0 Å². The molecular weight excluding hydrogens is 434 g/mol. The summed E-state index contributed by atoms with van der Waals surface area (Å²) in [4.78, 5) is 14.6. The third kappa shape index (κ3) is 5.20. The quantitative estimate of drug-likeness (QED) is 0.643. The molecule has 172 valence electrons. The van der Waals surface area contributed by atoms with E-state index >= 15 is 0 Å². The van der Waals surface area contributed by atoms with E-state index in [2.05, 4.69) is 0 Å². The molecule has 2 aliphatic heterocycles. The number of morpholine rings is 1. The van der Waals surface area contributed by atoms with Crippen molar-refractivity contribution in [3.8, 4) is 5.75 Å². The van der Waals surface area contributed by atoms with Crippen molar-refractivity contribution in [2.45, 2.75) is 25.5 Å². The van der Waals surface area contributed by atoms with Crippen LogP contribution in [0.4, 0.5) is 17.6 Å². The van der Waals surface area contributed by atoms with Crippen LogP contribution in [0.2, 0.25) is 0 Å². The lowest BCUT2D eigenvalue weighted by Crippen LogP contribution is -2.47. The number of halogens is 4. The SMILES string of the molecule is O=C(c1cc(F)cc2c1OCOC2)N1CCOC(COCc2cccc(C(F)(F)F)c2)C1. The molecule has 0 radical (unpaired) electrons. The third-order valence-corrected chi connectivity index (χ3v) is 5.16. The minimum atomic E-state index is -4.42. The average molecular weight is 455 g/mol. The molecule has 0 aliphatic carbocycles. The number of fused-ring (bicyclic) bond motifs is 1. The monoisotopic (exact) mass is 455 g/mol. The molecule has 6 nitrogen and oxygen atoms in total. The molecule has 0 spiro atoms. The van der Waals surface area contributed by atoms with E-state index < -0.39 is 29.6 Å². The number of ether oxygens (including phenoxy) is 4. The Morgan fingerprint density at radius 2 is 2.06 bits per heavy atom. The standard InChI is InChI=1S/C22H21F4NO5/c23-17-7-15-11-30-13-32-20(15)19(8-17)21(28)27-4-5-31-18(9-27)12-29-10-14-2-1-3-16(6-14)22(24,25)26/h1-3,6-8,18H,4-5,9-13H2. The molecule has 10 heteroatoms. The fraction of sp³-hybridized carbons (Fsp3) is 0.409. The van der Waals surface area contributed by atoms with E-state index in [0.717, 1.165) is 18.2 Å². The van der Waals surface area contributed by atoms with E-state index in [4.69, 9.17) is 18.9 Å². The van der Waals surface area contributed by atoms with Crippen LogP contribution in [0.25, 0.3) is 0 Å². The summed E-state index contributed by atoms with van der Waals surface area (Å²) in [7, 11) is 0. The summed E-state index contributed by atoms with van der Waals surface area (Å²) < 4.78 is 74.2. The zero-order chi connectivity index (χ0) is 22.7. The third-order valence-electron chi connectivity index (χ3n) is 5.16. The molecule has 0 aromatic heterocycles. The molecule has 1 saturated heterocycles. The molecular formula is C22H21F4NO5. The smallest absolute Gasteiger partial charge is 0.416 e. The van der Waals surface area contributed by atoms with Crippen molar-refractivity contribution >= 4 is 5.91 Å². The van der Waals surface area contributed by atoms with Gasteiger partial charge >= 0.3 is 6.18 Å². The molecule has 0 bridgehead atoms. The van der Waals surface area contributed by atoms with Crippen molar-refractivity contribution < 1.29 is 41.3 Å². The topological polar surface area (TPSA) is 57.2 Å². The molecule has 2 aromatic rings. The summed E-state index contributed by atoms with van der Waals surface area (Å²) in [6, 6.07) is 7.32. The van der Waals surface area contributed by atoms with Crippen LogP contribution >= 0.6 is 0 Å². The van der Waals surface area contributed by atoms with Gasteiger partial charge in [0.05, 0.1) is 43.7 Å². The van der Waals surface area contributed by atoms with Crippen LogP contribution < -0.4 is 4.74 Å². The minimum absolute atomic E-state index is 0.0198. The highest BCUT2D eigenvalue weighted by Gasteiger charge is 2.31. The van der Waals surface area contributed by atoms with E-state index in [0.29, 0.717) is 23.4 Å². The molecule has 2 aromatic carbocycles. The van der Waals surface area contributed by atoms with Gasteiger partial charge in [0.15, 0.2) is 6.79 Å². The Balaban J connectivity index is 1.36. The summed E-state index contributed by atoms with van der Waals surface area (Å²) in [6.07, 6.45) is -4.89. The molecule has 2 aliphatic rings. The van der Waals surface area contributed by atoms with Gasteiger partial charge in [0.2, 0.25) is 0 Å². The van der Waals surface area contributed by atoms with Crippen molar-refractivity contribution in [2.24, 2.45) is 0 Å². The first-order valence-electron chi connectivity index (χ1n) is 9.99. The largest absolute Gasteiger partial charge is 0.466 e. The van der Waals surface area contributed by atoms with Gasteiger partial charge in [-0.25, -0.2) is 4.39 Å². The van der Waals surface area contributed by atoms with E-state index in [1.807, 2.05) is 0 Å². The maximum atomic E-state index is 14.0. The highest BCUT2D eigenvalue weighted by Crippen LogP contribution is 2.31. The van der Waals surface area contributed by atoms with Crippen molar-refractivity contribution in [3.63, 3.8) is 0 Å². The van der Waals surface area contributed by atoms with Gasteiger partial charge in [-0.1, -0.05) is 12.1 Å². The Bertz CT molecular complexity index is 981. The number of amides is 1. The first kappa shape index (κ1) is 22.5. The number of benzene rings is 2. The number of carbonyl (C=O) groups is 1. The van der Waals surface area contributed by atoms with Crippen LogP contribution in [0.3, 0.4) is 0 Å². The number of hydrogen-bond donors (Lipinski definition) is 0. The van der Waals surface area contributed by atoms with Crippen molar-refractivity contribution in [3.05, 3.63) is 64.5 Å². The minimum Gasteiger partial charge on any atom is -0.466 e. The second-order valence-corrected chi connectivity index (χ2v) is 7.51.